The van der Waals surface area contributed by atoms with E-state index in [1.807, 2.05) is 6.07 Å². The molecule has 1 unspecified atom stereocenters. The van der Waals surface area contributed by atoms with Crippen LogP contribution in [0.1, 0.15) is 89.3 Å². The molecule has 0 heterocycles. The minimum Gasteiger partial charge on any atom is -0.478 e. The van der Waals surface area contributed by atoms with Crippen LogP contribution < -0.4 is 0 Å². The van der Waals surface area contributed by atoms with Crippen LogP contribution in [0.15, 0.2) is 48.5 Å². The number of benzene rings is 2. The van der Waals surface area contributed by atoms with Gasteiger partial charge in [-0.2, -0.15) is 0 Å². The molecule has 0 bridgehead atoms. The molecule has 1 saturated carbocycles. The van der Waals surface area contributed by atoms with Gasteiger partial charge in [0.25, 0.3) is 0 Å². The van der Waals surface area contributed by atoms with Crippen molar-refractivity contribution in [2.24, 2.45) is 5.92 Å². The molecular formula is C24H28O4. The summed E-state index contributed by atoms with van der Waals surface area (Å²) >= 11 is 0. The zero-order valence-corrected chi connectivity index (χ0v) is 16.1. The van der Waals surface area contributed by atoms with E-state index in [9.17, 15) is 19.8 Å². The van der Waals surface area contributed by atoms with Crippen molar-refractivity contribution >= 4 is 11.8 Å². The first kappa shape index (κ1) is 20.3. The van der Waals surface area contributed by atoms with Crippen LogP contribution in [0.25, 0.3) is 0 Å². The van der Waals surface area contributed by atoms with Crippen molar-refractivity contribution in [3.05, 3.63) is 70.8 Å². The fourth-order valence-corrected chi connectivity index (χ4v) is 4.12. The lowest BCUT2D eigenvalue weighted by atomic mass is 9.86. The Balaban J connectivity index is 1.87. The fourth-order valence-electron chi connectivity index (χ4n) is 4.12. The SMILES string of the molecule is O=C(O)c1cc(C(O)C2CCCCCCCC2)ccc1C(=O)c1ccccc1. The second-order valence-electron chi connectivity index (χ2n) is 7.71. The van der Waals surface area contributed by atoms with Gasteiger partial charge < -0.3 is 10.2 Å². The number of aromatic carboxylic acids is 1. The Kier molecular flexibility index (Phi) is 6.99. The minimum absolute atomic E-state index is 0.0477. The summed E-state index contributed by atoms with van der Waals surface area (Å²) in [7, 11) is 0. The number of aliphatic hydroxyl groups excluding tert-OH is 1. The second kappa shape index (κ2) is 9.65. The number of carbonyl (C=O) groups excluding carboxylic acids is 1. The van der Waals surface area contributed by atoms with Crippen LogP contribution in [0.2, 0.25) is 0 Å². The predicted octanol–water partition coefficient (Wildman–Crippen LogP) is 5.40. The van der Waals surface area contributed by atoms with Crippen LogP contribution in [-0.4, -0.2) is 22.0 Å². The van der Waals surface area contributed by atoms with Crippen molar-refractivity contribution in [3.63, 3.8) is 0 Å². The Morgan fingerprint density at radius 3 is 2.04 bits per heavy atom. The van der Waals surface area contributed by atoms with Gasteiger partial charge >= 0.3 is 5.97 Å². The Hall–Kier alpha value is -2.46. The molecule has 0 aliphatic heterocycles. The van der Waals surface area contributed by atoms with Gasteiger partial charge in [-0.3, -0.25) is 4.79 Å². The monoisotopic (exact) mass is 380 g/mol. The minimum atomic E-state index is -1.15. The van der Waals surface area contributed by atoms with Crippen molar-refractivity contribution in [1.82, 2.24) is 0 Å². The van der Waals surface area contributed by atoms with Crippen LogP contribution in [-0.2, 0) is 0 Å². The van der Waals surface area contributed by atoms with Gasteiger partial charge in [-0.1, -0.05) is 74.9 Å². The number of hydrogen-bond donors (Lipinski definition) is 2. The Morgan fingerprint density at radius 1 is 0.821 bits per heavy atom. The molecule has 0 radical (unpaired) electrons. The summed E-state index contributed by atoms with van der Waals surface area (Å²) in [6.45, 7) is 0. The Labute approximate surface area is 166 Å². The summed E-state index contributed by atoms with van der Waals surface area (Å²) in [5.41, 5.74) is 1.15. The molecule has 1 aliphatic carbocycles. The standard InChI is InChI=1S/C24H28O4/c25-22(17-10-6-3-1-2-4-7-11-17)19-14-15-20(21(16-19)24(27)28)23(26)18-12-8-5-9-13-18/h5,8-9,12-17,22,25H,1-4,6-7,10-11H2,(H,27,28). The van der Waals surface area contributed by atoms with Crippen LogP contribution in [0, 0.1) is 5.92 Å². The van der Waals surface area contributed by atoms with Gasteiger partial charge in [0.1, 0.15) is 0 Å². The number of rotatable bonds is 5. The van der Waals surface area contributed by atoms with E-state index in [2.05, 4.69) is 0 Å². The zero-order valence-electron chi connectivity index (χ0n) is 16.1. The molecule has 1 aliphatic rings. The highest BCUT2D eigenvalue weighted by Gasteiger charge is 2.25. The Bertz CT molecular complexity index is 803. The average Bonchev–Trinajstić information content (AvgIpc) is 2.87. The predicted molar refractivity (Wildman–Crippen MR) is 109 cm³/mol. The Morgan fingerprint density at radius 2 is 1.43 bits per heavy atom. The normalized spacial score (nSPS) is 17.2. The highest BCUT2D eigenvalue weighted by Crippen LogP contribution is 2.33. The summed E-state index contributed by atoms with van der Waals surface area (Å²) in [5, 5.41) is 20.6. The lowest BCUT2D eigenvalue weighted by Crippen LogP contribution is -2.16. The van der Waals surface area contributed by atoms with Crippen LogP contribution >= 0.6 is 0 Å². The molecule has 0 aromatic heterocycles. The largest absolute Gasteiger partial charge is 0.478 e. The molecule has 28 heavy (non-hydrogen) atoms. The molecule has 148 valence electrons. The van der Waals surface area contributed by atoms with E-state index in [4.69, 9.17) is 0 Å². The molecule has 4 heteroatoms. The maximum absolute atomic E-state index is 12.8. The van der Waals surface area contributed by atoms with Crippen LogP contribution in [0.3, 0.4) is 0 Å². The summed E-state index contributed by atoms with van der Waals surface area (Å²) in [5.74, 6) is -1.33. The maximum Gasteiger partial charge on any atom is 0.336 e. The second-order valence-corrected chi connectivity index (χ2v) is 7.71. The topological polar surface area (TPSA) is 74.6 Å². The molecule has 4 nitrogen and oxygen atoms in total. The van der Waals surface area contributed by atoms with Crippen molar-refractivity contribution < 1.29 is 19.8 Å². The van der Waals surface area contributed by atoms with Crippen LogP contribution in [0.5, 0.6) is 0 Å². The summed E-state index contributed by atoms with van der Waals surface area (Å²) in [6, 6.07) is 13.4. The van der Waals surface area contributed by atoms with Crippen molar-refractivity contribution in [2.45, 2.75) is 57.5 Å². The zero-order chi connectivity index (χ0) is 19.9. The number of ketones is 1. The molecule has 0 amide bonds. The van der Waals surface area contributed by atoms with Gasteiger partial charge in [0.2, 0.25) is 0 Å². The summed E-state index contributed by atoms with van der Waals surface area (Å²) in [6.07, 6.45) is 8.28. The first-order chi connectivity index (χ1) is 13.6. The third-order valence-corrected chi connectivity index (χ3v) is 5.74. The quantitative estimate of drug-likeness (QED) is 0.681. The first-order valence-corrected chi connectivity index (χ1v) is 10.2. The number of aliphatic hydroxyl groups is 1. The number of carboxylic acids is 1. The van der Waals surface area contributed by atoms with Crippen molar-refractivity contribution in [1.29, 1.82) is 0 Å². The molecule has 0 saturated heterocycles. The number of carboxylic acid groups (broad SMARTS) is 1. The van der Waals surface area contributed by atoms with E-state index < -0.39 is 12.1 Å². The average molecular weight is 380 g/mol. The van der Waals surface area contributed by atoms with Gasteiger partial charge in [-0.15, -0.1) is 0 Å². The third-order valence-electron chi connectivity index (χ3n) is 5.74. The molecule has 2 N–H and O–H groups in total. The van der Waals surface area contributed by atoms with E-state index in [-0.39, 0.29) is 22.8 Å². The smallest absolute Gasteiger partial charge is 0.336 e. The lowest BCUT2D eigenvalue weighted by molar-refractivity contribution is 0.0691. The van der Waals surface area contributed by atoms with Crippen molar-refractivity contribution in [2.75, 3.05) is 0 Å². The highest BCUT2D eigenvalue weighted by molar-refractivity contribution is 6.14. The maximum atomic E-state index is 12.8. The molecule has 1 atom stereocenters. The molecule has 2 aromatic rings. The van der Waals surface area contributed by atoms with Gasteiger partial charge in [0.15, 0.2) is 5.78 Å². The molecular weight excluding hydrogens is 352 g/mol. The van der Waals surface area contributed by atoms with Gasteiger partial charge in [0.05, 0.1) is 11.7 Å². The van der Waals surface area contributed by atoms with E-state index in [1.54, 1.807) is 36.4 Å². The van der Waals surface area contributed by atoms with Crippen molar-refractivity contribution in [3.8, 4) is 0 Å². The lowest BCUT2D eigenvalue weighted by Gasteiger charge is -2.23. The van der Waals surface area contributed by atoms with E-state index in [1.165, 1.54) is 31.7 Å². The number of carbonyl (C=O) groups is 2. The molecule has 2 aromatic carbocycles. The van der Waals surface area contributed by atoms with E-state index >= 15 is 0 Å². The van der Waals surface area contributed by atoms with Crippen LogP contribution in [0.4, 0.5) is 0 Å². The highest BCUT2D eigenvalue weighted by atomic mass is 16.4. The van der Waals surface area contributed by atoms with Gasteiger partial charge in [-0.25, -0.2) is 4.79 Å². The summed E-state index contributed by atoms with van der Waals surface area (Å²) in [4.78, 5) is 24.6. The first-order valence-electron chi connectivity index (χ1n) is 10.2. The number of hydrogen-bond acceptors (Lipinski definition) is 3. The van der Waals surface area contributed by atoms with E-state index in [0.717, 1.165) is 25.7 Å². The van der Waals surface area contributed by atoms with Gasteiger partial charge in [0, 0.05) is 11.1 Å². The molecule has 3 rings (SSSR count). The van der Waals surface area contributed by atoms with Gasteiger partial charge in [-0.05, 0) is 36.5 Å². The van der Waals surface area contributed by atoms with E-state index in [0.29, 0.717) is 11.1 Å². The molecule has 1 fully saturated rings. The third kappa shape index (κ3) is 4.87. The fraction of sp³-hybridized carbons (Fsp3) is 0.417. The summed E-state index contributed by atoms with van der Waals surface area (Å²) < 4.78 is 0. The molecule has 0 spiro atoms.